The highest BCUT2D eigenvalue weighted by Crippen LogP contribution is 2.05. The van der Waals surface area contributed by atoms with Crippen LogP contribution >= 0.6 is 0 Å². The van der Waals surface area contributed by atoms with Gasteiger partial charge in [0.25, 0.3) is 0 Å². The number of likely N-dealkylation sites (N-methyl/N-ethyl adjacent to an activating group) is 1. The number of rotatable bonds is 6. The Labute approximate surface area is 169 Å². The molecule has 0 unspecified atom stereocenters. The van der Waals surface area contributed by atoms with Gasteiger partial charge in [-0.3, -0.25) is 14.5 Å². The average Bonchev–Trinajstić information content (AvgIpc) is 2.64. The molecular formula is C20H23BrFN3O2. The van der Waals surface area contributed by atoms with Gasteiger partial charge in [-0.2, -0.15) is 4.57 Å². The van der Waals surface area contributed by atoms with E-state index in [-0.39, 0.29) is 40.9 Å². The van der Waals surface area contributed by atoms with E-state index >= 15 is 0 Å². The summed E-state index contributed by atoms with van der Waals surface area (Å²) in [7, 11) is 2.08. The summed E-state index contributed by atoms with van der Waals surface area (Å²) in [6.07, 6.45) is 3.47. The van der Waals surface area contributed by atoms with Crippen LogP contribution in [-0.2, 0) is 6.54 Å². The van der Waals surface area contributed by atoms with Crippen molar-refractivity contribution in [2.24, 2.45) is 0 Å². The van der Waals surface area contributed by atoms with Crippen LogP contribution in [0.25, 0.3) is 0 Å². The molecule has 0 atom stereocenters. The first-order valence-corrected chi connectivity index (χ1v) is 8.73. The molecule has 1 aliphatic rings. The molecule has 1 aliphatic heterocycles. The van der Waals surface area contributed by atoms with E-state index < -0.39 is 0 Å². The third-order valence-corrected chi connectivity index (χ3v) is 4.64. The molecule has 0 N–H and O–H groups in total. The molecule has 1 aromatic carbocycles. The Morgan fingerprint density at radius 3 is 2.33 bits per heavy atom. The normalized spacial score (nSPS) is 15.2. The zero-order valence-electron chi connectivity index (χ0n) is 15.3. The van der Waals surface area contributed by atoms with Gasteiger partial charge >= 0.3 is 0 Å². The molecule has 0 saturated carbocycles. The number of Topliss-reactive ketones (excluding diaryl/α,β-unsaturated/α-hetero) is 2. The lowest BCUT2D eigenvalue weighted by Crippen LogP contribution is -3.00. The third kappa shape index (κ3) is 6.02. The number of benzene rings is 1. The van der Waals surface area contributed by atoms with Crippen molar-refractivity contribution in [3.05, 3.63) is 65.7 Å². The zero-order chi connectivity index (χ0) is 18.5. The zero-order valence-corrected chi connectivity index (χ0v) is 16.9. The standard InChI is InChI=1S/C20H23FN3O2.BrH/c1-22-9-11-23(12-10-22)14-20(26)17-3-2-8-24(13-17)15-19(25)16-4-6-18(21)7-5-16;/h2-8,13H,9-12,14-15H2,1H3;1H/q+1;/p-1. The topological polar surface area (TPSA) is 44.5 Å². The van der Waals surface area contributed by atoms with Crippen LogP contribution in [0.3, 0.4) is 0 Å². The van der Waals surface area contributed by atoms with Crippen molar-refractivity contribution in [2.75, 3.05) is 39.8 Å². The molecule has 2 heterocycles. The molecule has 3 rings (SSSR count). The fourth-order valence-corrected chi connectivity index (χ4v) is 2.98. The molecule has 0 radical (unpaired) electrons. The number of hydrogen-bond donors (Lipinski definition) is 0. The summed E-state index contributed by atoms with van der Waals surface area (Å²) in [4.78, 5) is 29.3. The van der Waals surface area contributed by atoms with E-state index in [9.17, 15) is 14.0 Å². The quantitative estimate of drug-likeness (QED) is 0.406. The van der Waals surface area contributed by atoms with Crippen molar-refractivity contribution in [2.45, 2.75) is 6.54 Å². The van der Waals surface area contributed by atoms with Crippen LogP contribution in [0.4, 0.5) is 4.39 Å². The molecule has 1 saturated heterocycles. The first-order chi connectivity index (χ1) is 12.5. The Balaban J connectivity index is 0.00000261. The van der Waals surface area contributed by atoms with Gasteiger partial charge in [0.1, 0.15) is 5.82 Å². The maximum Gasteiger partial charge on any atom is 0.227 e. The van der Waals surface area contributed by atoms with E-state index in [0.717, 1.165) is 26.2 Å². The van der Waals surface area contributed by atoms with Gasteiger partial charge in [-0.25, -0.2) is 4.39 Å². The Kier molecular flexibility index (Phi) is 7.77. The highest BCUT2D eigenvalue weighted by molar-refractivity contribution is 5.97. The van der Waals surface area contributed by atoms with Crippen LogP contribution in [-0.4, -0.2) is 61.1 Å². The summed E-state index contributed by atoms with van der Waals surface area (Å²) in [5.41, 5.74) is 1.05. The molecule has 5 nitrogen and oxygen atoms in total. The molecule has 1 aromatic heterocycles. The van der Waals surface area contributed by atoms with Gasteiger partial charge in [-0.05, 0) is 37.4 Å². The second-order valence-electron chi connectivity index (χ2n) is 6.70. The number of pyridine rings is 1. The van der Waals surface area contributed by atoms with Gasteiger partial charge in [-0.15, -0.1) is 0 Å². The number of halogens is 2. The van der Waals surface area contributed by atoms with Crippen LogP contribution in [0, 0.1) is 5.82 Å². The number of hydrogen-bond acceptors (Lipinski definition) is 4. The maximum absolute atomic E-state index is 13.0. The lowest BCUT2D eigenvalue weighted by atomic mass is 10.1. The largest absolute Gasteiger partial charge is 1.00 e. The first kappa shape index (κ1) is 21.3. The van der Waals surface area contributed by atoms with Crippen LogP contribution in [0.5, 0.6) is 0 Å². The Morgan fingerprint density at radius 1 is 1.00 bits per heavy atom. The Bertz CT molecular complexity index is 790. The summed E-state index contributed by atoms with van der Waals surface area (Å²) in [5, 5.41) is 0. The molecular weight excluding hydrogens is 413 g/mol. The highest BCUT2D eigenvalue weighted by atomic mass is 79.9. The molecule has 0 spiro atoms. The van der Waals surface area contributed by atoms with E-state index in [1.54, 1.807) is 29.1 Å². The fraction of sp³-hybridized carbons (Fsp3) is 0.350. The fourth-order valence-electron chi connectivity index (χ4n) is 2.98. The van der Waals surface area contributed by atoms with E-state index in [0.29, 0.717) is 17.7 Å². The van der Waals surface area contributed by atoms with Crippen molar-refractivity contribution in [3.63, 3.8) is 0 Å². The SMILES string of the molecule is CN1CCN(CC(=O)c2ccc[n+](CC(=O)c3ccc(F)cc3)c2)CC1.[Br-]. The number of ketones is 2. The monoisotopic (exact) mass is 435 g/mol. The van der Waals surface area contributed by atoms with Crippen molar-refractivity contribution in [1.29, 1.82) is 0 Å². The van der Waals surface area contributed by atoms with Crippen molar-refractivity contribution in [3.8, 4) is 0 Å². The summed E-state index contributed by atoms with van der Waals surface area (Å²) >= 11 is 0. The molecule has 27 heavy (non-hydrogen) atoms. The molecule has 144 valence electrons. The maximum atomic E-state index is 13.0. The van der Waals surface area contributed by atoms with Crippen LogP contribution in [0.1, 0.15) is 20.7 Å². The van der Waals surface area contributed by atoms with Crippen LogP contribution in [0.15, 0.2) is 48.8 Å². The summed E-state index contributed by atoms with van der Waals surface area (Å²) in [5.74, 6) is -0.442. The predicted molar refractivity (Wildman–Crippen MR) is 95.6 cm³/mol. The minimum Gasteiger partial charge on any atom is -1.00 e. The molecule has 2 aromatic rings. The second-order valence-corrected chi connectivity index (χ2v) is 6.70. The number of nitrogens with zero attached hydrogens (tertiary/aromatic N) is 3. The number of piperazine rings is 1. The summed E-state index contributed by atoms with van der Waals surface area (Å²) < 4.78 is 14.7. The highest BCUT2D eigenvalue weighted by Gasteiger charge is 2.20. The Morgan fingerprint density at radius 2 is 1.67 bits per heavy atom. The number of carbonyl (C=O) groups excluding carboxylic acids is 2. The van der Waals surface area contributed by atoms with Gasteiger partial charge in [-0.1, -0.05) is 0 Å². The van der Waals surface area contributed by atoms with Crippen LogP contribution in [0.2, 0.25) is 0 Å². The lowest BCUT2D eigenvalue weighted by molar-refractivity contribution is -0.683. The van der Waals surface area contributed by atoms with Gasteiger partial charge in [0.05, 0.1) is 12.1 Å². The van der Waals surface area contributed by atoms with Gasteiger partial charge in [0, 0.05) is 37.8 Å². The minimum atomic E-state index is -0.370. The second kappa shape index (κ2) is 9.82. The molecule has 0 bridgehead atoms. The van der Waals surface area contributed by atoms with Crippen molar-refractivity contribution >= 4 is 11.6 Å². The smallest absolute Gasteiger partial charge is 0.227 e. The van der Waals surface area contributed by atoms with E-state index in [1.807, 2.05) is 0 Å². The van der Waals surface area contributed by atoms with Crippen LogP contribution < -0.4 is 21.5 Å². The van der Waals surface area contributed by atoms with E-state index in [1.165, 1.54) is 24.3 Å². The van der Waals surface area contributed by atoms with Gasteiger partial charge < -0.3 is 21.9 Å². The van der Waals surface area contributed by atoms with Gasteiger partial charge in [0.15, 0.2) is 18.2 Å². The Hall–Kier alpha value is -1.96. The number of carbonyl (C=O) groups is 2. The molecule has 0 amide bonds. The first-order valence-electron chi connectivity index (χ1n) is 8.73. The summed E-state index contributed by atoms with van der Waals surface area (Å²) in [6.45, 7) is 4.21. The predicted octanol–water partition coefficient (Wildman–Crippen LogP) is -1.57. The molecule has 0 aliphatic carbocycles. The van der Waals surface area contributed by atoms with E-state index in [4.69, 9.17) is 0 Å². The van der Waals surface area contributed by atoms with Crippen molar-refractivity contribution < 1.29 is 35.5 Å². The average molecular weight is 436 g/mol. The molecule has 1 fully saturated rings. The minimum absolute atomic E-state index is 0. The van der Waals surface area contributed by atoms with Gasteiger partial charge in [0.2, 0.25) is 12.3 Å². The lowest BCUT2D eigenvalue weighted by Gasteiger charge is -2.31. The number of aromatic nitrogens is 1. The molecule has 7 heteroatoms. The summed E-state index contributed by atoms with van der Waals surface area (Å²) in [6, 6.07) is 9.04. The van der Waals surface area contributed by atoms with E-state index in [2.05, 4.69) is 16.8 Å². The van der Waals surface area contributed by atoms with Crippen molar-refractivity contribution in [1.82, 2.24) is 9.80 Å². The third-order valence-electron chi connectivity index (χ3n) is 4.64.